The molecule has 0 saturated carbocycles. The summed E-state index contributed by atoms with van der Waals surface area (Å²) in [6.07, 6.45) is 0.0389. The van der Waals surface area contributed by atoms with E-state index in [9.17, 15) is 26.4 Å². The van der Waals surface area contributed by atoms with Gasteiger partial charge in [-0.3, -0.25) is 4.79 Å². The fourth-order valence-corrected chi connectivity index (χ4v) is 2.70. The topological polar surface area (TPSA) is 102 Å². The minimum atomic E-state index is -5.97. The van der Waals surface area contributed by atoms with Crippen LogP contribution in [0.3, 0.4) is 0 Å². The summed E-state index contributed by atoms with van der Waals surface area (Å²) in [6, 6.07) is 8.85. The molecule has 1 saturated heterocycles. The van der Waals surface area contributed by atoms with Crippen LogP contribution in [0.25, 0.3) is 10.8 Å². The van der Waals surface area contributed by atoms with E-state index in [0.29, 0.717) is 29.7 Å². The van der Waals surface area contributed by atoms with E-state index in [-0.39, 0.29) is 11.7 Å². The number of alkyl halides is 3. The van der Waals surface area contributed by atoms with Gasteiger partial charge in [-0.15, -0.1) is 0 Å². The van der Waals surface area contributed by atoms with E-state index in [4.69, 9.17) is 15.3 Å². The van der Waals surface area contributed by atoms with Gasteiger partial charge in [0.05, 0.1) is 6.61 Å². The van der Waals surface area contributed by atoms with Gasteiger partial charge < -0.3 is 9.47 Å². The van der Waals surface area contributed by atoms with Gasteiger partial charge in [-0.05, 0) is 35.0 Å². The third-order valence-corrected chi connectivity index (χ3v) is 4.92. The van der Waals surface area contributed by atoms with Gasteiger partial charge in [-0.2, -0.15) is 26.0 Å². The highest BCUT2D eigenvalue weighted by Crippen LogP contribution is 2.27. The molecule has 1 unspecified atom stereocenters. The second-order valence-electron chi connectivity index (χ2n) is 5.54. The van der Waals surface area contributed by atoms with Crippen molar-refractivity contribution in [3.05, 3.63) is 42.0 Å². The predicted molar refractivity (Wildman–Crippen MR) is 84.5 cm³/mol. The summed E-state index contributed by atoms with van der Waals surface area (Å²) in [4.78, 5) is 12.1. The van der Waals surface area contributed by atoms with Crippen LogP contribution in [-0.4, -0.2) is 43.6 Å². The second-order valence-corrected chi connectivity index (χ2v) is 7.35. The van der Waals surface area contributed by atoms with Gasteiger partial charge in [0.15, 0.2) is 0 Å². The summed E-state index contributed by atoms with van der Waals surface area (Å²) in [5.74, 6) is 3.89. The maximum absolute atomic E-state index is 12.5. The largest absolute Gasteiger partial charge is 0.518 e. The first-order valence-electron chi connectivity index (χ1n) is 7.28. The lowest BCUT2D eigenvalue weighted by molar-refractivity contribution is -0.0483. The average Bonchev–Trinajstić information content (AvgIpc) is 3.41. The standard InChI is InChI=1S/C15H13F3N2O5S/c16-15(17,18)26(22,23)20(19)14(21)10-2-1-9-3-4-12(6-11(9)5-10)24-7-13-8-25-13/h1-6,13H,7-8,19H2. The van der Waals surface area contributed by atoms with Crippen molar-refractivity contribution in [1.29, 1.82) is 0 Å². The molecule has 0 bridgehead atoms. The lowest BCUT2D eigenvalue weighted by Gasteiger charge is -2.18. The Morgan fingerprint density at radius 2 is 1.88 bits per heavy atom. The fraction of sp³-hybridized carbons (Fsp3) is 0.267. The molecule has 26 heavy (non-hydrogen) atoms. The summed E-state index contributed by atoms with van der Waals surface area (Å²) in [7, 11) is -5.97. The van der Waals surface area contributed by atoms with E-state index in [1.165, 1.54) is 18.2 Å². The molecule has 0 aromatic heterocycles. The third-order valence-electron chi connectivity index (χ3n) is 3.65. The van der Waals surface area contributed by atoms with Crippen molar-refractivity contribution >= 4 is 26.7 Å². The molecule has 3 rings (SSSR count). The Morgan fingerprint density at radius 1 is 1.23 bits per heavy atom. The molecule has 0 aliphatic carbocycles. The van der Waals surface area contributed by atoms with Gasteiger partial charge in [0.1, 0.15) is 18.5 Å². The zero-order chi connectivity index (χ0) is 19.1. The molecule has 1 aliphatic heterocycles. The highest BCUT2D eigenvalue weighted by Gasteiger charge is 2.51. The molecule has 11 heteroatoms. The number of carbonyl (C=O) groups excluding carboxylic acids is 1. The molecule has 1 fully saturated rings. The van der Waals surface area contributed by atoms with Crippen LogP contribution in [-0.2, 0) is 14.8 Å². The van der Waals surface area contributed by atoms with Gasteiger partial charge >= 0.3 is 15.5 Å². The summed E-state index contributed by atoms with van der Waals surface area (Å²) >= 11 is 0. The van der Waals surface area contributed by atoms with Crippen molar-refractivity contribution in [2.24, 2.45) is 5.84 Å². The number of fused-ring (bicyclic) bond motifs is 1. The van der Waals surface area contributed by atoms with Crippen LogP contribution in [0.15, 0.2) is 36.4 Å². The molecule has 140 valence electrons. The number of benzene rings is 2. The maximum Gasteiger partial charge on any atom is 0.518 e. The van der Waals surface area contributed by atoms with Gasteiger partial charge in [0.25, 0.3) is 5.91 Å². The first-order chi connectivity index (χ1) is 12.1. The molecular formula is C15H13F3N2O5S. The number of halogens is 3. The van der Waals surface area contributed by atoms with Crippen LogP contribution in [0.4, 0.5) is 13.2 Å². The Bertz CT molecular complexity index is 957. The third kappa shape index (κ3) is 3.59. The number of epoxide rings is 1. The SMILES string of the molecule is NN(C(=O)c1ccc2ccc(OCC3CO3)cc2c1)S(=O)(=O)C(F)(F)F. The van der Waals surface area contributed by atoms with Crippen molar-refractivity contribution in [3.63, 3.8) is 0 Å². The van der Waals surface area contributed by atoms with E-state index >= 15 is 0 Å². The summed E-state index contributed by atoms with van der Waals surface area (Å²) in [5.41, 5.74) is -5.99. The molecule has 1 heterocycles. The van der Waals surface area contributed by atoms with Gasteiger partial charge in [0, 0.05) is 5.56 Å². The zero-order valence-corrected chi connectivity index (χ0v) is 13.9. The molecule has 0 spiro atoms. The van der Waals surface area contributed by atoms with E-state index < -0.39 is 25.9 Å². The number of hydrogen-bond acceptors (Lipinski definition) is 6. The van der Waals surface area contributed by atoms with Crippen LogP contribution in [0.1, 0.15) is 10.4 Å². The number of ether oxygens (including phenoxy) is 2. The Kier molecular flexibility index (Phi) is 4.54. The first-order valence-corrected chi connectivity index (χ1v) is 8.72. The second kappa shape index (κ2) is 6.41. The van der Waals surface area contributed by atoms with Crippen LogP contribution in [0.5, 0.6) is 5.75 Å². The number of sulfonamides is 1. The molecule has 2 aromatic rings. The number of carbonyl (C=O) groups is 1. The predicted octanol–water partition coefficient (Wildman–Crippen LogP) is 1.78. The van der Waals surface area contributed by atoms with Crippen LogP contribution in [0, 0.1) is 0 Å². The monoisotopic (exact) mass is 390 g/mol. The fourth-order valence-electron chi connectivity index (χ4n) is 2.15. The Balaban J connectivity index is 1.88. The number of hydrazine groups is 1. The van der Waals surface area contributed by atoms with Crippen molar-refractivity contribution in [1.82, 2.24) is 4.41 Å². The minimum absolute atomic E-state index is 0.0389. The van der Waals surface area contributed by atoms with E-state index in [1.54, 1.807) is 18.2 Å². The van der Waals surface area contributed by atoms with Crippen LogP contribution >= 0.6 is 0 Å². The van der Waals surface area contributed by atoms with E-state index in [0.717, 1.165) is 0 Å². The highest BCUT2D eigenvalue weighted by atomic mass is 32.2. The summed E-state index contributed by atoms with van der Waals surface area (Å²) in [6.45, 7) is 0.969. The van der Waals surface area contributed by atoms with E-state index in [1.807, 2.05) is 0 Å². The van der Waals surface area contributed by atoms with Gasteiger partial charge in [0.2, 0.25) is 0 Å². The number of nitrogens with two attached hydrogens (primary N) is 1. The molecule has 2 aromatic carbocycles. The van der Waals surface area contributed by atoms with E-state index in [2.05, 4.69) is 0 Å². The summed E-state index contributed by atoms with van der Waals surface area (Å²) in [5, 5.41) is 1.15. The Morgan fingerprint density at radius 3 is 2.50 bits per heavy atom. The van der Waals surface area contributed by atoms with Gasteiger partial charge in [-0.25, -0.2) is 5.84 Å². The molecule has 0 radical (unpaired) electrons. The normalized spacial score (nSPS) is 17.2. The minimum Gasteiger partial charge on any atom is -0.491 e. The maximum atomic E-state index is 12.5. The van der Waals surface area contributed by atoms with Crippen LogP contribution in [0.2, 0.25) is 0 Å². The highest BCUT2D eigenvalue weighted by molar-refractivity contribution is 7.90. The van der Waals surface area contributed by atoms with Gasteiger partial charge in [-0.1, -0.05) is 12.1 Å². The van der Waals surface area contributed by atoms with Crippen molar-refractivity contribution in [2.45, 2.75) is 11.6 Å². The molecule has 7 nitrogen and oxygen atoms in total. The summed E-state index contributed by atoms with van der Waals surface area (Å²) < 4.78 is 69.8. The van der Waals surface area contributed by atoms with Crippen molar-refractivity contribution in [2.75, 3.05) is 13.2 Å². The smallest absolute Gasteiger partial charge is 0.491 e. The lowest BCUT2D eigenvalue weighted by Crippen LogP contribution is -2.48. The Labute approximate surface area is 146 Å². The number of amides is 1. The van der Waals surface area contributed by atoms with Crippen LogP contribution < -0.4 is 10.6 Å². The molecule has 1 atom stereocenters. The quantitative estimate of drug-likeness (QED) is 0.361. The van der Waals surface area contributed by atoms with Crippen molar-refractivity contribution < 1.29 is 35.9 Å². The number of hydrogen-bond donors (Lipinski definition) is 1. The number of nitrogens with zero attached hydrogens (tertiary/aromatic N) is 1. The van der Waals surface area contributed by atoms with Crippen molar-refractivity contribution in [3.8, 4) is 5.75 Å². The average molecular weight is 390 g/mol. The Hall–Kier alpha value is -2.37. The molecule has 2 N–H and O–H groups in total. The molecule has 1 aliphatic rings. The zero-order valence-electron chi connectivity index (χ0n) is 13.1. The first kappa shape index (κ1) is 18.4. The molecule has 1 amide bonds. The lowest BCUT2D eigenvalue weighted by atomic mass is 10.1. The number of rotatable bonds is 5. The molecular weight excluding hydrogens is 377 g/mol.